The second kappa shape index (κ2) is 5.18. The van der Waals surface area contributed by atoms with Crippen LogP contribution in [0.5, 0.6) is 0 Å². The molecule has 4 heteroatoms. The Labute approximate surface area is 111 Å². The molecule has 1 aliphatic rings. The summed E-state index contributed by atoms with van der Waals surface area (Å²) >= 11 is 0. The molecular weight excluding hydrogens is 238 g/mol. The summed E-state index contributed by atoms with van der Waals surface area (Å²) in [6.07, 6.45) is 7.58. The van der Waals surface area contributed by atoms with Gasteiger partial charge in [0.25, 0.3) is 5.91 Å². The summed E-state index contributed by atoms with van der Waals surface area (Å²) in [6.45, 7) is 0.499. The minimum Gasteiger partial charge on any atom is -0.348 e. The summed E-state index contributed by atoms with van der Waals surface area (Å²) in [5.74, 6) is 0.578. The molecule has 0 saturated heterocycles. The fourth-order valence-electron chi connectivity index (χ4n) is 1.95. The van der Waals surface area contributed by atoms with Gasteiger partial charge in [-0.1, -0.05) is 6.07 Å². The molecule has 4 nitrogen and oxygen atoms in total. The zero-order valence-corrected chi connectivity index (χ0v) is 10.5. The van der Waals surface area contributed by atoms with E-state index < -0.39 is 0 Å². The Morgan fingerprint density at radius 1 is 1.21 bits per heavy atom. The van der Waals surface area contributed by atoms with E-state index in [1.807, 2.05) is 12.3 Å². The average Bonchev–Trinajstić information content (AvgIpc) is 3.31. The summed E-state index contributed by atoms with van der Waals surface area (Å²) in [5.41, 5.74) is 2.81. The smallest absolute Gasteiger partial charge is 0.251 e. The van der Waals surface area contributed by atoms with Crippen LogP contribution in [0.1, 0.15) is 40.4 Å². The highest BCUT2D eigenvalue weighted by atomic mass is 16.1. The van der Waals surface area contributed by atoms with E-state index in [1.54, 1.807) is 24.5 Å². The normalized spacial score (nSPS) is 14.1. The van der Waals surface area contributed by atoms with Crippen molar-refractivity contribution in [2.75, 3.05) is 0 Å². The van der Waals surface area contributed by atoms with Crippen LogP contribution in [-0.4, -0.2) is 15.9 Å². The molecule has 96 valence electrons. The number of hydrogen-bond acceptors (Lipinski definition) is 3. The van der Waals surface area contributed by atoms with Crippen molar-refractivity contribution in [2.45, 2.75) is 25.3 Å². The van der Waals surface area contributed by atoms with Gasteiger partial charge >= 0.3 is 0 Å². The SMILES string of the molecule is O=C(NCc1ccc(C2CC2)nc1)c1ccncc1. The van der Waals surface area contributed by atoms with Gasteiger partial charge in [-0.2, -0.15) is 0 Å². The monoisotopic (exact) mass is 253 g/mol. The number of carbonyl (C=O) groups excluding carboxylic acids is 1. The molecule has 0 atom stereocenters. The van der Waals surface area contributed by atoms with Crippen LogP contribution in [0.15, 0.2) is 42.9 Å². The van der Waals surface area contributed by atoms with Crippen molar-refractivity contribution in [3.63, 3.8) is 0 Å². The van der Waals surface area contributed by atoms with E-state index >= 15 is 0 Å². The molecule has 1 fully saturated rings. The molecule has 0 aromatic carbocycles. The Kier molecular flexibility index (Phi) is 3.23. The second-order valence-corrected chi connectivity index (χ2v) is 4.78. The van der Waals surface area contributed by atoms with Crippen molar-refractivity contribution < 1.29 is 4.79 Å². The standard InChI is InChI=1S/C15H15N3O/c19-15(13-5-7-16-8-6-13)18-10-11-1-4-14(17-9-11)12-2-3-12/h1,4-9,12H,2-3,10H2,(H,18,19). The Bertz CT molecular complexity index is 562. The quantitative estimate of drug-likeness (QED) is 0.909. The van der Waals surface area contributed by atoms with E-state index in [-0.39, 0.29) is 5.91 Å². The molecule has 2 aromatic rings. The molecule has 0 unspecified atom stereocenters. The summed E-state index contributed by atoms with van der Waals surface area (Å²) < 4.78 is 0. The van der Waals surface area contributed by atoms with Gasteiger partial charge < -0.3 is 5.32 Å². The number of hydrogen-bond donors (Lipinski definition) is 1. The third-order valence-corrected chi connectivity index (χ3v) is 3.24. The van der Waals surface area contributed by atoms with Crippen molar-refractivity contribution in [3.05, 3.63) is 59.7 Å². The Morgan fingerprint density at radius 2 is 2.00 bits per heavy atom. The molecule has 3 rings (SSSR count). The molecule has 1 N–H and O–H groups in total. The first-order valence-electron chi connectivity index (χ1n) is 6.46. The zero-order valence-electron chi connectivity index (χ0n) is 10.5. The van der Waals surface area contributed by atoms with E-state index in [9.17, 15) is 4.79 Å². The number of nitrogens with zero attached hydrogens (tertiary/aromatic N) is 2. The lowest BCUT2D eigenvalue weighted by atomic mass is 10.2. The van der Waals surface area contributed by atoms with Gasteiger partial charge in [0.1, 0.15) is 0 Å². The van der Waals surface area contributed by atoms with Gasteiger partial charge in [-0.05, 0) is 36.6 Å². The van der Waals surface area contributed by atoms with E-state index in [1.165, 1.54) is 18.5 Å². The summed E-state index contributed by atoms with van der Waals surface area (Å²) in [4.78, 5) is 20.2. The van der Waals surface area contributed by atoms with E-state index in [0.717, 1.165) is 5.56 Å². The number of carbonyl (C=O) groups is 1. The van der Waals surface area contributed by atoms with Crippen LogP contribution in [-0.2, 0) is 6.54 Å². The maximum atomic E-state index is 11.8. The van der Waals surface area contributed by atoms with Crippen LogP contribution in [0.2, 0.25) is 0 Å². The third kappa shape index (κ3) is 2.96. The van der Waals surface area contributed by atoms with Crippen LogP contribution >= 0.6 is 0 Å². The highest BCUT2D eigenvalue weighted by Crippen LogP contribution is 2.38. The maximum Gasteiger partial charge on any atom is 0.251 e. The van der Waals surface area contributed by atoms with Crippen LogP contribution in [0.3, 0.4) is 0 Å². The minimum atomic E-state index is -0.0892. The van der Waals surface area contributed by atoms with Gasteiger partial charge in [0.15, 0.2) is 0 Å². The fourth-order valence-corrected chi connectivity index (χ4v) is 1.95. The molecule has 19 heavy (non-hydrogen) atoms. The van der Waals surface area contributed by atoms with Crippen molar-refractivity contribution in [1.29, 1.82) is 0 Å². The summed E-state index contributed by atoms with van der Waals surface area (Å²) in [7, 11) is 0. The highest BCUT2D eigenvalue weighted by molar-refractivity contribution is 5.93. The van der Waals surface area contributed by atoms with Crippen molar-refractivity contribution >= 4 is 5.91 Å². The third-order valence-electron chi connectivity index (χ3n) is 3.24. The van der Waals surface area contributed by atoms with Crippen LogP contribution in [0.25, 0.3) is 0 Å². The van der Waals surface area contributed by atoms with Gasteiger partial charge in [0.2, 0.25) is 0 Å². The average molecular weight is 253 g/mol. The van der Waals surface area contributed by atoms with Crippen LogP contribution in [0, 0.1) is 0 Å². The number of aromatic nitrogens is 2. The maximum absolute atomic E-state index is 11.8. The first-order valence-corrected chi connectivity index (χ1v) is 6.46. The summed E-state index contributed by atoms with van der Waals surface area (Å²) in [6, 6.07) is 7.49. The van der Waals surface area contributed by atoms with Crippen molar-refractivity contribution in [1.82, 2.24) is 15.3 Å². The van der Waals surface area contributed by atoms with E-state index in [0.29, 0.717) is 18.0 Å². The molecule has 1 amide bonds. The largest absolute Gasteiger partial charge is 0.348 e. The van der Waals surface area contributed by atoms with E-state index in [2.05, 4.69) is 21.4 Å². The molecule has 0 bridgehead atoms. The molecule has 1 saturated carbocycles. The molecule has 0 aliphatic heterocycles. The lowest BCUT2D eigenvalue weighted by Crippen LogP contribution is -2.22. The van der Waals surface area contributed by atoms with Crippen LogP contribution < -0.4 is 5.32 Å². The zero-order chi connectivity index (χ0) is 13.1. The predicted octanol–water partition coefficient (Wildman–Crippen LogP) is 2.28. The first kappa shape index (κ1) is 11.8. The van der Waals surface area contributed by atoms with Gasteiger partial charge in [-0.25, -0.2) is 0 Å². The Hall–Kier alpha value is -2.23. The summed E-state index contributed by atoms with van der Waals surface area (Å²) in [5, 5.41) is 2.87. The van der Waals surface area contributed by atoms with Gasteiger partial charge in [0.05, 0.1) is 0 Å². The molecule has 0 radical (unpaired) electrons. The van der Waals surface area contributed by atoms with Crippen molar-refractivity contribution in [2.24, 2.45) is 0 Å². The number of amides is 1. The van der Waals surface area contributed by atoms with Crippen LogP contribution in [0.4, 0.5) is 0 Å². The Morgan fingerprint density at radius 3 is 2.63 bits per heavy atom. The van der Waals surface area contributed by atoms with Gasteiger partial charge in [-0.15, -0.1) is 0 Å². The molecular formula is C15H15N3O. The molecule has 2 aromatic heterocycles. The Balaban J connectivity index is 1.58. The molecule has 0 spiro atoms. The van der Waals surface area contributed by atoms with Gasteiger partial charge in [0, 0.05) is 42.3 Å². The van der Waals surface area contributed by atoms with E-state index in [4.69, 9.17) is 0 Å². The number of pyridine rings is 2. The predicted molar refractivity (Wildman–Crippen MR) is 71.6 cm³/mol. The van der Waals surface area contributed by atoms with Crippen molar-refractivity contribution in [3.8, 4) is 0 Å². The number of nitrogens with one attached hydrogen (secondary N) is 1. The lowest BCUT2D eigenvalue weighted by Gasteiger charge is -2.05. The lowest BCUT2D eigenvalue weighted by molar-refractivity contribution is 0.0951. The van der Waals surface area contributed by atoms with Gasteiger partial charge in [-0.3, -0.25) is 14.8 Å². The first-order chi connectivity index (χ1) is 9.33. The molecule has 2 heterocycles. The topological polar surface area (TPSA) is 54.9 Å². The second-order valence-electron chi connectivity index (χ2n) is 4.78. The molecule has 1 aliphatic carbocycles. The number of rotatable bonds is 4. The minimum absolute atomic E-state index is 0.0892. The highest BCUT2D eigenvalue weighted by Gasteiger charge is 2.24. The fraction of sp³-hybridized carbons (Fsp3) is 0.267.